The molecule has 0 radical (unpaired) electrons. The molecule has 0 spiro atoms. The minimum absolute atomic E-state index is 0. The molecule has 1 aromatic heterocycles. The number of pyridine rings is 1. The average molecular weight is 515 g/mol. The van der Waals surface area contributed by atoms with Crippen molar-refractivity contribution in [2.75, 3.05) is 33.3 Å². The highest BCUT2D eigenvalue weighted by molar-refractivity contribution is 14.0. The van der Waals surface area contributed by atoms with Crippen molar-refractivity contribution >= 4 is 35.8 Å². The van der Waals surface area contributed by atoms with Crippen LogP contribution in [0.25, 0.3) is 0 Å². The van der Waals surface area contributed by atoms with Crippen molar-refractivity contribution in [2.45, 2.75) is 45.6 Å². The second-order valence-corrected chi connectivity index (χ2v) is 7.74. The number of hydrogen-bond donors (Lipinski definition) is 2. The first-order chi connectivity index (χ1) is 13.7. The van der Waals surface area contributed by atoms with E-state index in [-0.39, 0.29) is 29.9 Å². The number of carbonyl (C=O) groups is 1. The van der Waals surface area contributed by atoms with Gasteiger partial charge in [0.25, 0.3) is 0 Å². The molecule has 2 fully saturated rings. The number of carbonyl (C=O) groups excluding carboxylic acids is 1. The molecule has 0 atom stereocenters. The number of aliphatic imine (C=N–C) groups is 1. The van der Waals surface area contributed by atoms with Gasteiger partial charge in [0.15, 0.2) is 5.96 Å². The summed E-state index contributed by atoms with van der Waals surface area (Å²) >= 11 is 0. The quantitative estimate of drug-likeness (QED) is 0.316. The Hall–Kier alpha value is -1.58. The number of rotatable bonds is 8. The SMILES string of the molecule is CCNC(=NCc1ccc(OCC2CC2)nc1)N1CCC(CC(=O)NC)CC1.I. The highest BCUT2D eigenvalue weighted by atomic mass is 127. The third-order valence-electron chi connectivity index (χ3n) is 5.37. The lowest BCUT2D eigenvalue weighted by molar-refractivity contribution is -0.121. The summed E-state index contributed by atoms with van der Waals surface area (Å²) in [6, 6.07) is 3.97. The van der Waals surface area contributed by atoms with Gasteiger partial charge in [0.2, 0.25) is 11.8 Å². The molecule has 2 aliphatic rings. The van der Waals surface area contributed by atoms with Gasteiger partial charge in [-0.1, -0.05) is 6.07 Å². The molecule has 0 bridgehead atoms. The van der Waals surface area contributed by atoms with Crippen LogP contribution < -0.4 is 15.4 Å². The Morgan fingerprint density at radius 3 is 2.59 bits per heavy atom. The molecule has 2 heterocycles. The van der Waals surface area contributed by atoms with Crippen LogP contribution in [-0.2, 0) is 11.3 Å². The lowest BCUT2D eigenvalue weighted by atomic mass is 9.93. The fraction of sp³-hybridized carbons (Fsp3) is 0.667. The first-order valence-corrected chi connectivity index (χ1v) is 10.5. The van der Waals surface area contributed by atoms with Crippen LogP contribution in [0.5, 0.6) is 5.88 Å². The van der Waals surface area contributed by atoms with Crippen LogP contribution in [0, 0.1) is 11.8 Å². The summed E-state index contributed by atoms with van der Waals surface area (Å²) in [6.45, 7) is 6.16. The molecular formula is C21H34IN5O2. The molecule has 8 heteroatoms. The molecule has 29 heavy (non-hydrogen) atoms. The summed E-state index contributed by atoms with van der Waals surface area (Å²) in [5, 5.41) is 6.11. The summed E-state index contributed by atoms with van der Waals surface area (Å²) < 4.78 is 5.69. The van der Waals surface area contributed by atoms with Crippen LogP contribution in [0.4, 0.5) is 0 Å². The Morgan fingerprint density at radius 2 is 2.00 bits per heavy atom. The fourth-order valence-corrected chi connectivity index (χ4v) is 3.38. The molecule has 2 N–H and O–H groups in total. The van der Waals surface area contributed by atoms with E-state index in [0.29, 0.717) is 24.8 Å². The minimum atomic E-state index is 0. The van der Waals surface area contributed by atoms with Crippen LogP contribution in [-0.4, -0.2) is 55.0 Å². The Labute approximate surface area is 191 Å². The highest BCUT2D eigenvalue weighted by Gasteiger charge is 2.23. The van der Waals surface area contributed by atoms with E-state index in [2.05, 4.69) is 27.4 Å². The summed E-state index contributed by atoms with van der Waals surface area (Å²) in [4.78, 5) is 23.1. The zero-order valence-electron chi connectivity index (χ0n) is 17.5. The lowest BCUT2D eigenvalue weighted by Gasteiger charge is -2.34. The lowest BCUT2D eigenvalue weighted by Crippen LogP contribution is -2.46. The number of halogens is 1. The number of aromatic nitrogens is 1. The van der Waals surface area contributed by atoms with Gasteiger partial charge in [-0.05, 0) is 50.0 Å². The third-order valence-corrected chi connectivity index (χ3v) is 5.37. The number of piperidine rings is 1. The van der Waals surface area contributed by atoms with E-state index in [1.54, 1.807) is 7.05 Å². The number of hydrogen-bond acceptors (Lipinski definition) is 4. The van der Waals surface area contributed by atoms with Crippen molar-refractivity contribution in [3.63, 3.8) is 0 Å². The first-order valence-electron chi connectivity index (χ1n) is 10.5. The molecule has 1 aromatic rings. The van der Waals surface area contributed by atoms with E-state index in [1.807, 2.05) is 18.3 Å². The van der Waals surface area contributed by atoms with Gasteiger partial charge < -0.3 is 20.3 Å². The summed E-state index contributed by atoms with van der Waals surface area (Å²) in [5.41, 5.74) is 1.07. The van der Waals surface area contributed by atoms with E-state index in [1.165, 1.54) is 12.8 Å². The number of guanidine groups is 1. The van der Waals surface area contributed by atoms with Gasteiger partial charge in [-0.2, -0.15) is 0 Å². The Kier molecular flexibility index (Phi) is 9.96. The first kappa shape index (κ1) is 23.7. The molecule has 1 saturated carbocycles. The van der Waals surface area contributed by atoms with E-state index in [4.69, 9.17) is 9.73 Å². The summed E-state index contributed by atoms with van der Waals surface area (Å²) in [5.74, 6) is 2.97. The monoisotopic (exact) mass is 515 g/mol. The molecule has 1 amide bonds. The standard InChI is InChI=1S/C21H33N5O2.HI/c1-3-23-21(26-10-8-16(9-11-26)12-19(27)22-2)25-14-18-6-7-20(24-13-18)28-15-17-4-5-17;/h6-7,13,16-17H,3-5,8-12,14-15H2,1-2H3,(H,22,27)(H,23,25);1H. The third kappa shape index (κ3) is 7.98. The van der Waals surface area contributed by atoms with Gasteiger partial charge in [0, 0.05) is 45.4 Å². The van der Waals surface area contributed by atoms with Crippen molar-refractivity contribution in [3.8, 4) is 5.88 Å². The Balaban J connectivity index is 0.00000300. The summed E-state index contributed by atoms with van der Waals surface area (Å²) in [6.07, 6.45) is 7.08. The molecule has 0 aromatic carbocycles. The Morgan fingerprint density at radius 1 is 1.24 bits per heavy atom. The molecule has 7 nitrogen and oxygen atoms in total. The molecule has 0 unspecified atom stereocenters. The van der Waals surface area contributed by atoms with Gasteiger partial charge >= 0.3 is 0 Å². The average Bonchev–Trinajstić information content (AvgIpc) is 3.55. The number of nitrogens with one attached hydrogen (secondary N) is 2. The van der Waals surface area contributed by atoms with E-state index < -0.39 is 0 Å². The highest BCUT2D eigenvalue weighted by Crippen LogP contribution is 2.29. The minimum Gasteiger partial charge on any atom is -0.477 e. The molecule has 162 valence electrons. The Bertz CT molecular complexity index is 656. The fourth-order valence-electron chi connectivity index (χ4n) is 3.38. The second-order valence-electron chi connectivity index (χ2n) is 7.74. The zero-order valence-corrected chi connectivity index (χ0v) is 19.9. The van der Waals surface area contributed by atoms with Gasteiger partial charge in [-0.3, -0.25) is 4.79 Å². The predicted octanol–water partition coefficient (Wildman–Crippen LogP) is 2.80. The zero-order chi connectivity index (χ0) is 19.8. The van der Waals surface area contributed by atoms with Gasteiger partial charge in [0.1, 0.15) is 0 Å². The number of ether oxygens (including phenoxy) is 1. The maximum absolute atomic E-state index is 11.6. The number of nitrogens with zero attached hydrogens (tertiary/aromatic N) is 3. The van der Waals surface area contributed by atoms with Crippen molar-refractivity contribution in [3.05, 3.63) is 23.9 Å². The second kappa shape index (κ2) is 12.2. The van der Waals surface area contributed by atoms with Crippen molar-refractivity contribution in [2.24, 2.45) is 16.8 Å². The van der Waals surface area contributed by atoms with E-state index in [9.17, 15) is 4.79 Å². The smallest absolute Gasteiger partial charge is 0.220 e. The maximum atomic E-state index is 11.6. The topological polar surface area (TPSA) is 78.9 Å². The van der Waals surface area contributed by atoms with Crippen molar-refractivity contribution in [1.29, 1.82) is 0 Å². The molecule has 1 aliphatic carbocycles. The van der Waals surface area contributed by atoms with E-state index >= 15 is 0 Å². The van der Waals surface area contributed by atoms with Gasteiger partial charge in [-0.15, -0.1) is 24.0 Å². The van der Waals surface area contributed by atoms with Crippen LogP contribution in [0.15, 0.2) is 23.3 Å². The van der Waals surface area contributed by atoms with Crippen molar-refractivity contribution in [1.82, 2.24) is 20.5 Å². The van der Waals surface area contributed by atoms with Crippen LogP contribution in [0.3, 0.4) is 0 Å². The molecule has 1 saturated heterocycles. The van der Waals surface area contributed by atoms with Crippen LogP contribution in [0.2, 0.25) is 0 Å². The number of amides is 1. The van der Waals surface area contributed by atoms with Gasteiger partial charge in [0.05, 0.1) is 13.2 Å². The molecule has 3 rings (SSSR count). The normalized spacial score (nSPS) is 17.4. The van der Waals surface area contributed by atoms with Crippen LogP contribution >= 0.6 is 24.0 Å². The number of likely N-dealkylation sites (tertiary alicyclic amines) is 1. The largest absolute Gasteiger partial charge is 0.477 e. The van der Waals surface area contributed by atoms with E-state index in [0.717, 1.165) is 56.5 Å². The molecular weight excluding hydrogens is 481 g/mol. The summed E-state index contributed by atoms with van der Waals surface area (Å²) in [7, 11) is 1.70. The predicted molar refractivity (Wildman–Crippen MR) is 126 cm³/mol. The van der Waals surface area contributed by atoms with Crippen LogP contribution in [0.1, 0.15) is 44.6 Å². The maximum Gasteiger partial charge on any atom is 0.220 e. The van der Waals surface area contributed by atoms with Crippen molar-refractivity contribution < 1.29 is 9.53 Å². The van der Waals surface area contributed by atoms with Gasteiger partial charge in [-0.25, -0.2) is 9.98 Å². The molecule has 1 aliphatic heterocycles.